The molecule has 4 nitrogen and oxygen atoms in total. The van der Waals surface area contributed by atoms with E-state index in [0.29, 0.717) is 11.1 Å². The molecule has 0 saturated carbocycles. The monoisotopic (exact) mass is 218 g/mol. The highest BCUT2D eigenvalue weighted by molar-refractivity contribution is 5.84. The van der Waals surface area contributed by atoms with Crippen LogP contribution in [0.5, 0.6) is 0 Å². The van der Waals surface area contributed by atoms with E-state index in [0.717, 1.165) is 5.39 Å². The second-order valence-electron chi connectivity index (χ2n) is 3.34. The smallest absolute Gasteiger partial charge is 0.336 e. The van der Waals surface area contributed by atoms with Crippen LogP contribution in [0, 0.1) is 0 Å². The summed E-state index contributed by atoms with van der Waals surface area (Å²) in [5.74, 6) is -0.379. The van der Waals surface area contributed by atoms with Crippen LogP contribution in [0.3, 0.4) is 0 Å². The maximum atomic E-state index is 11.3. The van der Waals surface area contributed by atoms with Gasteiger partial charge >= 0.3 is 11.6 Å². The number of carbonyl (C=O) groups excluding carboxylic acids is 1. The molecular formula is C12H10O4. The number of esters is 1. The van der Waals surface area contributed by atoms with Gasteiger partial charge in [0.05, 0.1) is 13.5 Å². The van der Waals surface area contributed by atoms with E-state index in [1.54, 1.807) is 18.2 Å². The zero-order chi connectivity index (χ0) is 11.5. The number of benzene rings is 1. The molecule has 0 aliphatic carbocycles. The average molecular weight is 218 g/mol. The number of methoxy groups -OCH3 is 1. The Morgan fingerprint density at radius 2 is 2.12 bits per heavy atom. The van der Waals surface area contributed by atoms with Crippen molar-refractivity contribution in [2.45, 2.75) is 6.42 Å². The number of para-hydroxylation sites is 1. The van der Waals surface area contributed by atoms with Gasteiger partial charge in [-0.3, -0.25) is 4.79 Å². The maximum Gasteiger partial charge on any atom is 0.336 e. The Kier molecular flexibility index (Phi) is 2.72. The van der Waals surface area contributed by atoms with Crippen LogP contribution in [-0.4, -0.2) is 13.1 Å². The molecule has 2 aromatic rings. The second-order valence-corrected chi connectivity index (χ2v) is 3.34. The van der Waals surface area contributed by atoms with Gasteiger partial charge in [0.2, 0.25) is 0 Å². The number of carbonyl (C=O) groups is 1. The van der Waals surface area contributed by atoms with Crippen LogP contribution in [-0.2, 0) is 16.0 Å². The van der Waals surface area contributed by atoms with Crippen LogP contribution >= 0.6 is 0 Å². The summed E-state index contributed by atoms with van der Waals surface area (Å²) in [5, 5.41) is 0.757. The van der Waals surface area contributed by atoms with Crippen molar-refractivity contribution < 1.29 is 13.9 Å². The zero-order valence-electron chi connectivity index (χ0n) is 8.73. The van der Waals surface area contributed by atoms with Gasteiger partial charge in [-0.1, -0.05) is 18.2 Å². The van der Waals surface area contributed by atoms with Gasteiger partial charge in [0.25, 0.3) is 0 Å². The predicted octanol–water partition coefficient (Wildman–Crippen LogP) is 1.51. The minimum atomic E-state index is -0.461. The van der Waals surface area contributed by atoms with E-state index >= 15 is 0 Å². The van der Waals surface area contributed by atoms with Crippen molar-refractivity contribution in [3.05, 3.63) is 46.3 Å². The molecular weight excluding hydrogens is 208 g/mol. The van der Waals surface area contributed by atoms with Gasteiger partial charge < -0.3 is 9.15 Å². The molecule has 0 atom stereocenters. The lowest BCUT2D eigenvalue weighted by Gasteiger charge is -2.03. The molecule has 4 heteroatoms. The summed E-state index contributed by atoms with van der Waals surface area (Å²) in [6.07, 6.45) is 0.0720. The standard InChI is InChI=1S/C12H10O4/c1-15-11(13)6-8-7-12(14)16-10-5-3-2-4-9(8)10/h2-5,7H,6H2,1H3. The average Bonchev–Trinajstić information content (AvgIpc) is 2.28. The summed E-state index contributed by atoms with van der Waals surface area (Å²) < 4.78 is 9.58. The van der Waals surface area contributed by atoms with Crippen molar-refractivity contribution in [2.75, 3.05) is 7.11 Å². The van der Waals surface area contributed by atoms with Crippen molar-refractivity contribution in [1.82, 2.24) is 0 Å². The predicted molar refractivity (Wildman–Crippen MR) is 58.2 cm³/mol. The van der Waals surface area contributed by atoms with Crippen molar-refractivity contribution in [1.29, 1.82) is 0 Å². The van der Waals surface area contributed by atoms with Crippen LogP contribution in [0.4, 0.5) is 0 Å². The van der Waals surface area contributed by atoms with Crippen molar-refractivity contribution >= 4 is 16.9 Å². The SMILES string of the molecule is COC(=O)Cc1cc(=O)oc2ccccc12. The molecule has 1 heterocycles. The van der Waals surface area contributed by atoms with Crippen LogP contribution in [0.2, 0.25) is 0 Å². The Bertz CT molecular complexity index is 583. The summed E-state index contributed by atoms with van der Waals surface area (Å²) in [6, 6.07) is 8.41. The van der Waals surface area contributed by atoms with Crippen LogP contribution < -0.4 is 5.63 Å². The molecule has 0 amide bonds. The van der Waals surface area contributed by atoms with E-state index in [1.165, 1.54) is 13.2 Å². The summed E-state index contributed by atoms with van der Waals surface area (Å²) in [7, 11) is 1.32. The minimum absolute atomic E-state index is 0.0720. The van der Waals surface area contributed by atoms with Gasteiger partial charge in [-0.25, -0.2) is 4.79 Å². The number of hydrogen-bond acceptors (Lipinski definition) is 4. The first-order valence-corrected chi connectivity index (χ1v) is 4.79. The molecule has 1 aromatic heterocycles. The Morgan fingerprint density at radius 1 is 1.38 bits per heavy atom. The van der Waals surface area contributed by atoms with Gasteiger partial charge in [0.1, 0.15) is 5.58 Å². The lowest BCUT2D eigenvalue weighted by Crippen LogP contribution is -2.08. The lowest BCUT2D eigenvalue weighted by molar-refractivity contribution is -0.139. The molecule has 0 fully saturated rings. The molecule has 0 aliphatic rings. The fourth-order valence-electron chi connectivity index (χ4n) is 1.55. The maximum absolute atomic E-state index is 11.3. The molecule has 0 saturated heterocycles. The summed E-state index contributed by atoms with van der Waals surface area (Å²) in [4.78, 5) is 22.4. The first kappa shape index (κ1) is 10.4. The molecule has 0 spiro atoms. The molecule has 16 heavy (non-hydrogen) atoms. The third-order valence-corrected chi connectivity index (χ3v) is 2.30. The van der Waals surface area contributed by atoms with Crippen LogP contribution in [0.25, 0.3) is 11.0 Å². The highest BCUT2D eigenvalue weighted by atomic mass is 16.5. The first-order valence-electron chi connectivity index (χ1n) is 4.79. The van der Waals surface area contributed by atoms with Crippen LogP contribution in [0.1, 0.15) is 5.56 Å². The lowest BCUT2D eigenvalue weighted by atomic mass is 10.1. The van der Waals surface area contributed by atoms with E-state index in [2.05, 4.69) is 4.74 Å². The van der Waals surface area contributed by atoms with E-state index in [-0.39, 0.29) is 12.4 Å². The van der Waals surface area contributed by atoms with Crippen LogP contribution in [0.15, 0.2) is 39.5 Å². The quantitative estimate of drug-likeness (QED) is 0.566. The van der Waals surface area contributed by atoms with Crippen molar-refractivity contribution in [3.8, 4) is 0 Å². The van der Waals surface area contributed by atoms with Gasteiger partial charge in [-0.05, 0) is 11.6 Å². The number of ether oxygens (including phenoxy) is 1. The molecule has 1 aromatic carbocycles. The summed E-state index contributed by atoms with van der Waals surface area (Å²) in [5.41, 5.74) is 0.644. The number of rotatable bonds is 2. The number of fused-ring (bicyclic) bond motifs is 1. The molecule has 82 valence electrons. The zero-order valence-corrected chi connectivity index (χ0v) is 8.73. The summed E-state index contributed by atoms with van der Waals surface area (Å²) in [6.45, 7) is 0. The van der Waals surface area contributed by atoms with Crippen molar-refractivity contribution in [3.63, 3.8) is 0 Å². The molecule has 0 unspecified atom stereocenters. The van der Waals surface area contributed by atoms with E-state index in [9.17, 15) is 9.59 Å². The normalized spacial score (nSPS) is 10.3. The number of hydrogen-bond donors (Lipinski definition) is 0. The Morgan fingerprint density at radius 3 is 2.88 bits per heavy atom. The topological polar surface area (TPSA) is 56.5 Å². The molecule has 0 aliphatic heterocycles. The minimum Gasteiger partial charge on any atom is -0.469 e. The molecule has 0 N–H and O–H groups in total. The van der Waals surface area contributed by atoms with Gasteiger partial charge in [0.15, 0.2) is 0 Å². The van der Waals surface area contributed by atoms with E-state index in [4.69, 9.17) is 4.42 Å². The molecule has 0 bridgehead atoms. The third-order valence-electron chi connectivity index (χ3n) is 2.30. The second kappa shape index (κ2) is 4.18. The van der Waals surface area contributed by atoms with Gasteiger partial charge in [-0.2, -0.15) is 0 Å². The fraction of sp³-hybridized carbons (Fsp3) is 0.167. The van der Waals surface area contributed by atoms with Gasteiger partial charge in [-0.15, -0.1) is 0 Å². The van der Waals surface area contributed by atoms with E-state index < -0.39 is 5.63 Å². The Balaban J connectivity index is 2.59. The Labute approximate surface area is 91.4 Å². The highest BCUT2D eigenvalue weighted by Gasteiger charge is 2.09. The third kappa shape index (κ3) is 1.95. The Hall–Kier alpha value is -2.10. The first-order chi connectivity index (χ1) is 7.70. The van der Waals surface area contributed by atoms with Crippen molar-refractivity contribution in [2.24, 2.45) is 0 Å². The van der Waals surface area contributed by atoms with E-state index in [1.807, 2.05) is 6.07 Å². The van der Waals surface area contributed by atoms with Gasteiger partial charge in [0, 0.05) is 11.5 Å². The molecule has 2 rings (SSSR count). The summed E-state index contributed by atoms with van der Waals surface area (Å²) >= 11 is 0. The fourth-order valence-corrected chi connectivity index (χ4v) is 1.55. The largest absolute Gasteiger partial charge is 0.469 e. The highest BCUT2D eigenvalue weighted by Crippen LogP contribution is 2.16. The molecule has 0 radical (unpaired) electrons.